The van der Waals surface area contributed by atoms with Crippen molar-refractivity contribution in [3.8, 4) is 0 Å². The van der Waals surface area contributed by atoms with Gasteiger partial charge in [0.25, 0.3) is 0 Å². The van der Waals surface area contributed by atoms with Crippen LogP contribution in [0.1, 0.15) is 0 Å². The Labute approximate surface area is 119 Å². The summed E-state index contributed by atoms with van der Waals surface area (Å²) in [4.78, 5) is 24.5. The molecular formula is C9H10Br2N2O3S. The molecule has 1 amide bonds. The second-order valence-corrected chi connectivity index (χ2v) is 7.97. The van der Waals surface area contributed by atoms with Crippen LogP contribution in [0.5, 0.6) is 0 Å². The quantitative estimate of drug-likeness (QED) is 0.691. The van der Waals surface area contributed by atoms with Crippen molar-refractivity contribution in [3.63, 3.8) is 0 Å². The highest BCUT2D eigenvalue weighted by molar-refractivity contribution is 9.28. The molecule has 2 heterocycles. The SMILES string of the molecule is NC1C(=O)N2CC(C=C(Br)Br)(C(=O)O)CS[C@H]12. The van der Waals surface area contributed by atoms with Gasteiger partial charge in [0.05, 0.1) is 3.39 Å². The van der Waals surface area contributed by atoms with Gasteiger partial charge in [-0.2, -0.15) is 0 Å². The van der Waals surface area contributed by atoms with E-state index >= 15 is 0 Å². The van der Waals surface area contributed by atoms with Gasteiger partial charge in [0.15, 0.2) is 0 Å². The number of carbonyl (C=O) groups is 2. The molecule has 2 aliphatic heterocycles. The van der Waals surface area contributed by atoms with Crippen molar-refractivity contribution >= 4 is 55.5 Å². The minimum atomic E-state index is -1.06. The molecule has 0 aliphatic carbocycles. The lowest BCUT2D eigenvalue weighted by Crippen LogP contribution is -2.71. The first-order valence-corrected chi connectivity index (χ1v) is 7.46. The average molecular weight is 386 g/mol. The van der Waals surface area contributed by atoms with Gasteiger partial charge in [-0.25, -0.2) is 0 Å². The van der Waals surface area contributed by atoms with Gasteiger partial charge in [0, 0.05) is 12.3 Å². The highest BCUT2D eigenvalue weighted by Gasteiger charge is 2.55. The highest BCUT2D eigenvalue weighted by Crippen LogP contribution is 2.43. The van der Waals surface area contributed by atoms with E-state index in [1.807, 2.05) is 0 Å². The summed E-state index contributed by atoms with van der Waals surface area (Å²) in [5, 5.41) is 9.28. The average Bonchev–Trinajstić information content (AvgIpc) is 2.26. The van der Waals surface area contributed by atoms with Crippen molar-refractivity contribution in [2.75, 3.05) is 12.3 Å². The third-order valence-electron chi connectivity index (χ3n) is 2.96. The smallest absolute Gasteiger partial charge is 0.316 e. The zero-order chi connectivity index (χ0) is 12.8. The first kappa shape index (κ1) is 13.4. The Hall–Kier alpha value is -0.0500. The number of carboxylic acids is 1. The van der Waals surface area contributed by atoms with E-state index in [0.717, 1.165) is 0 Å². The van der Waals surface area contributed by atoms with Crippen molar-refractivity contribution in [2.24, 2.45) is 11.1 Å². The summed E-state index contributed by atoms with van der Waals surface area (Å²) in [6, 6.07) is -0.483. The van der Waals surface area contributed by atoms with Crippen LogP contribution in [0.25, 0.3) is 0 Å². The maximum atomic E-state index is 11.5. The molecule has 0 aromatic heterocycles. The number of fused-ring (bicyclic) bond motifs is 1. The summed E-state index contributed by atoms with van der Waals surface area (Å²) in [5.74, 6) is -0.703. The minimum Gasteiger partial charge on any atom is -0.481 e. The monoisotopic (exact) mass is 384 g/mol. The normalized spacial score (nSPS) is 35.9. The number of β-lactam (4-membered cyclic amide) rings is 1. The lowest BCUT2D eigenvalue weighted by Gasteiger charge is -2.52. The Balaban J connectivity index is 2.24. The van der Waals surface area contributed by atoms with Gasteiger partial charge in [-0.15, -0.1) is 11.8 Å². The fourth-order valence-corrected chi connectivity index (χ4v) is 4.31. The van der Waals surface area contributed by atoms with Crippen LogP contribution in [0.15, 0.2) is 9.47 Å². The Morgan fingerprint density at radius 2 is 2.29 bits per heavy atom. The third-order valence-corrected chi connectivity index (χ3v) is 4.99. The van der Waals surface area contributed by atoms with Crippen LogP contribution in [0, 0.1) is 5.41 Å². The van der Waals surface area contributed by atoms with Crippen LogP contribution < -0.4 is 5.73 Å². The number of carboxylic acid groups (broad SMARTS) is 1. The lowest BCUT2D eigenvalue weighted by atomic mass is 9.87. The van der Waals surface area contributed by atoms with E-state index in [1.54, 1.807) is 6.08 Å². The van der Waals surface area contributed by atoms with Crippen LogP contribution in [0.3, 0.4) is 0 Å². The molecule has 0 spiro atoms. The number of hydrogen-bond acceptors (Lipinski definition) is 4. The first-order chi connectivity index (χ1) is 7.87. The first-order valence-electron chi connectivity index (χ1n) is 4.82. The van der Waals surface area contributed by atoms with Crippen LogP contribution in [-0.2, 0) is 9.59 Å². The van der Waals surface area contributed by atoms with Gasteiger partial charge in [0.1, 0.15) is 16.8 Å². The van der Waals surface area contributed by atoms with E-state index in [9.17, 15) is 14.7 Å². The molecule has 0 bridgehead atoms. The van der Waals surface area contributed by atoms with E-state index in [0.29, 0.717) is 9.14 Å². The number of rotatable bonds is 2. The summed E-state index contributed by atoms with van der Waals surface area (Å²) < 4.78 is 0.573. The van der Waals surface area contributed by atoms with Crippen molar-refractivity contribution in [1.82, 2.24) is 4.90 Å². The molecule has 17 heavy (non-hydrogen) atoms. The van der Waals surface area contributed by atoms with Gasteiger partial charge in [-0.1, -0.05) is 0 Å². The fraction of sp³-hybridized carbons (Fsp3) is 0.556. The molecule has 2 saturated heterocycles. The molecule has 2 unspecified atom stereocenters. The Kier molecular flexibility index (Phi) is 3.59. The van der Waals surface area contributed by atoms with E-state index in [4.69, 9.17) is 5.73 Å². The van der Waals surface area contributed by atoms with Gasteiger partial charge in [-0.05, 0) is 37.9 Å². The van der Waals surface area contributed by atoms with E-state index in [1.165, 1.54) is 16.7 Å². The fourth-order valence-electron chi connectivity index (χ4n) is 1.98. The summed E-state index contributed by atoms with van der Waals surface area (Å²) in [5.41, 5.74) is 4.59. The number of thioether (sulfide) groups is 1. The molecule has 3 N–H and O–H groups in total. The third kappa shape index (κ3) is 2.16. The molecule has 0 saturated carbocycles. The van der Waals surface area contributed by atoms with Crippen molar-refractivity contribution in [2.45, 2.75) is 11.4 Å². The number of nitrogens with zero attached hydrogens (tertiary/aromatic N) is 1. The predicted molar refractivity (Wildman–Crippen MR) is 71.9 cm³/mol. The maximum absolute atomic E-state index is 11.5. The maximum Gasteiger partial charge on any atom is 0.316 e. The van der Waals surface area contributed by atoms with Crippen molar-refractivity contribution < 1.29 is 14.7 Å². The Morgan fingerprint density at radius 3 is 2.82 bits per heavy atom. The molecule has 2 fully saturated rings. The molecule has 0 aromatic rings. The van der Waals surface area contributed by atoms with Crippen LogP contribution in [0.4, 0.5) is 0 Å². The number of hydrogen-bond donors (Lipinski definition) is 2. The van der Waals surface area contributed by atoms with Crippen LogP contribution in [-0.4, -0.2) is 45.6 Å². The van der Waals surface area contributed by atoms with Crippen LogP contribution in [0.2, 0.25) is 0 Å². The summed E-state index contributed by atoms with van der Waals surface area (Å²) in [7, 11) is 0. The molecular weight excluding hydrogens is 376 g/mol. The van der Waals surface area contributed by atoms with Gasteiger partial charge in [0.2, 0.25) is 5.91 Å². The molecule has 3 atom stereocenters. The summed E-state index contributed by atoms with van der Waals surface area (Å²) in [6.07, 6.45) is 1.58. The standard InChI is InChI=1S/C9H10Br2N2O3S/c10-4(11)1-9(8(15)16)2-13-6(14)5(12)7(13)17-3-9/h1,5,7H,2-3,12H2,(H,15,16)/t5?,7-,9?/m1/s1. The van der Waals surface area contributed by atoms with Gasteiger partial charge >= 0.3 is 5.97 Å². The second kappa shape index (κ2) is 4.56. The minimum absolute atomic E-state index is 0.0718. The Bertz CT molecular complexity index is 413. The zero-order valence-corrected chi connectivity index (χ0v) is 12.6. The van der Waals surface area contributed by atoms with E-state index < -0.39 is 17.4 Å². The lowest BCUT2D eigenvalue weighted by molar-refractivity contribution is -0.153. The second-order valence-electron chi connectivity index (χ2n) is 4.09. The largest absolute Gasteiger partial charge is 0.481 e. The van der Waals surface area contributed by atoms with E-state index in [-0.39, 0.29) is 17.8 Å². The number of carbonyl (C=O) groups excluding carboxylic acids is 1. The van der Waals surface area contributed by atoms with Gasteiger partial charge in [-0.3, -0.25) is 9.59 Å². The predicted octanol–water partition coefficient (Wildman–Crippen LogP) is 0.931. The number of aliphatic carboxylic acids is 1. The number of halogens is 2. The molecule has 2 aliphatic rings. The molecule has 8 heteroatoms. The molecule has 2 rings (SSSR count). The summed E-state index contributed by atoms with van der Waals surface area (Å²) >= 11 is 7.76. The molecule has 5 nitrogen and oxygen atoms in total. The molecule has 0 radical (unpaired) electrons. The number of amides is 1. The van der Waals surface area contributed by atoms with Crippen LogP contribution >= 0.6 is 43.6 Å². The van der Waals surface area contributed by atoms with Crippen molar-refractivity contribution in [3.05, 3.63) is 9.47 Å². The molecule has 0 aromatic carbocycles. The molecule has 94 valence electrons. The summed E-state index contributed by atoms with van der Waals surface area (Å²) in [6.45, 7) is 0.174. The zero-order valence-electron chi connectivity index (χ0n) is 8.60. The van der Waals surface area contributed by atoms with Gasteiger partial charge < -0.3 is 15.7 Å². The Morgan fingerprint density at radius 1 is 1.65 bits per heavy atom. The van der Waals surface area contributed by atoms with Crippen molar-refractivity contribution in [1.29, 1.82) is 0 Å². The highest BCUT2D eigenvalue weighted by atomic mass is 79.9. The number of nitrogens with two attached hydrogens (primary N) is 1. The topological polar surface area (TPSA) is 83.6 Å². The van der Waals surface area contributed by atoms with E-state index in [2.05, 4.69) is 31.9 Å².